The van der Waals surface area contributed by atoms with Crippen molar-refractivity contribution in [1.82, 2.24) is 5.32 Å². The Morgan fingerprint density at radius 3 is 2.54 bits per heavy atom. The molecule has 0 aromatic heterocycles. The fourth-order valence-electron chi connectivity index (χ4n) is 1.58. The number of halogens is 1. The van der Waals surface area contributed by atoms with Gasteiger partial charge in [0.1, 0.15) is 5.67 Å². The maximum Gasteiger partial charge on any atom is 0.145 e. The molecule has 13 heavy (non-hydrogen) atoms. The van der Waals surface area contributed by atoms with Gasteiger partial charge in [-0.05, 0) is 32.0 Å². The molecule has 0 heterocycles. The van der Waals surface area contributed by atoms with E-state index in [4.69, 9.17) is 0 Å². The number of likely N-dealkylation sites (N-methyl/N-ethyl adjacent to an activating group) is 1. The van der Waals surface area contributed by atoms with Crippen LogP contribution < -0.4 is 5.32 Å². The van der Waals surface area contributed by atoms with Gasteiger partial charge in [-0.1, -0.05) is 24.3 Å². The molecule has 0 spiro atoms. The summed E-state index contributed by atoms with van der Waals surface area (Å²) in [5, 5.41) is 2.86. The first kappa shape index (κ1) is 10.2. The van der Waals surface area contributed by atoms with Crippen molar-refractivity contribution in [2.75, 3.05) is 13.6 Å². The van der Waals surface area contributed by atoms with Gasteiger partial charge in [-0.25, -0.2) is 4.39 Å². The molecule has 0 aliphatic heterocycles. The molecular formula is C11H16FN. The summed E-state index contributed by atoms with van der Waals surface area (Å²) in [6, 6.07) is 7.57. The number of hydrogen-bond acceptors (Lipinski definition) is 1. The second kappa shape index (κ2) is 3.88. The molecule has 1 unspecified atom stereocenters. The van der Waals surface area contributed by atoms with Gasteiger partial charge in [0.25, 0.3) is 0 Å². The molecule has 0 aliphatic carbocycles. The fourth-order valence-corrected chi connectivity index (χ4v) is 1.58. The topological polar surface area (TPSA) is 12.0 Å². The van der Waals surface area contributed by atoms with Crippen LogP contribution in [0.15, 0.2) is 24.3 Å². The normalized spacial score (nSPS) is 15.4. The number of rotatable bonds is 3. The standard InChI is InChI=1S/C11H16FN/c1-9-6-4-5-7-10(9)11(2,12)8-13-3/h4-7,13H,8H2,1-3H3. The van der Waals surface area contributed by atoms with Crippen LogP contribution in [0.4, 0.5) is 4.39 Å². The molecule has 72 valence electrons. The molecule has 0 saturated carbocycles. The van der Waals surface area contributed by atoms with Crippen molar-refractivity contribution in [2.24, 2.45) is 0 Å². The summed E-state index contributed by atoms with van der Waals surface area (Å²) in [6.07, 6.45) is 0. The fraction of sp³-hybridized carbons (Fsp3) is 0.455. The molecule has 1 atom stereocenters. The third-order valence-corrected chi connectivity index (χ3v) is 2.22. The van der Waals surface area contributed by atoms with Gasteiger partial charge in [-0.15, -0.1) is 0 Å². The zero-order chi connectivity index (χ0) is 9.90. The van der Waals surface area contributed by atoms with E-state index in [1.54, 1.807) is 14.0 Å². The molecule has 0 saturated heterocycles. The van der Waals surface area contributed by atoms with E-state index in [-0.39, 0.29) is 0 Å². The molecule has 1 nitrogen and oxygen atoms in total. The number of benzene rings is 1. The summed E-state index contributed by atoms with van der Waals surface area (Å²) >= 11 is 0. The molecule has 1 aromatic carbocycles. The van der Waals surface area contributed by atoms with Gasteiger partial charge in [-0.3, -0.25) is 0 Å². The highest BCUT2D eigenvalue weighted by Gasteiger charge is 2.25. The Bertz CT molecular complexity index is 281. The van der Waals surface area contributed by atoms with E-state index in [1.807, 2.05) is 31.2 Å². The Morgan fingerprint density at radius 2 is 2.00 bits per heavy atom. The molecule has 0 bridgehead atoms. The Balaban J connectivity index is 2.99. The van der Waals surface area contributed by atoms with Crippen molar-refractivity contribution in [3.63, 3.8) is 0 Å². The maximum absolute atomic E-state index is 14.0. The van der Waals surface area contributed by atoms with Gasteiger partial charge in [0.2, 0.25) is 0 Å². The lowest BCUT2D eigenvalue weighted by atomic mass is 9.94. The molecule has 1 rings (SSSR count). The lowest BCUT2D eigenvalue weighted by Gasteiger charge is -2.22. The van der Waals surface area contributed by atoms with Gasteiger partial charge < -0.3 is 5.32 Å². The van der Waals surface area contributed by atoms with E-state index in [9.17, 15) is 4.39 Å². The monoisotopic (exact) mass is 181 g/mol. The smallest absolute Gasteiger partial charge is 0.145 e. The van der Waals surface area contributed by atoms with Crippen LogP contribution in [-0.4, -0.2) is 13.6 Å². The Hall–Kier alpha value is -0.890. The Labute approximate surface area is 79.0 Å². The molecule has 0 fully saturated rings. The van der Waals surface area contributed by atoms with Crippen LogP contribution in [0.2, 0.25) is 0 Å². The van der Waals surface area contributed by atoms with Crippen molar-refractivity contribution in [3.05, 3.63) is 35.4 Å². The second-order valence-electron chi connectivity index (χ2n) is 3.54. The molecule has 1 N–H and O–H groups in total. The number of hydrogen-bond donors (Lipinski definition) is 1. The first-order chi connectivity index (χ1) is 6.08. The molecular weight excluding hydrogens is 165 g/mol. The highest BCUT2D eigenvalue weighted by atomic mass is 19.1. The van der Waals surface area contributed by atoms with E-state index in [0.29, 0.717) is 6.54 Å². The summed E-state index contributed by atoms with van der Waals surface area (Å²) in [7, 11) is 1.76. The predicted octanol–water partition coefficient (Wildman–Crippen LogP) is 2.40. The first-order valence-electron chi connectivity index (χ1n) is 4.47. The van der Waals surface area contributed by atoms with Gasteiger partial charge >= 0.3 is 0 Å². The van der Waals surface area contributed by atoms with E-state index in [2.05, 4.69) is 5.32 Å². The van der Waals surface area contributed by atoms with Crippen LogP contribution >= 0.6 is 0 Å². The summed E-state index contributed by atoms with van der Waals surface area (Å²) < 4.78 is 14.0. The Morgan fingerprint density at radius 1 is 1.38 bits per heavy atom. The largest absolute Gasteiger partial charge is 0.316 e. The van der Waals surface area contributed by atoms with Gasteiger partial charge in [0.05, 0.1) is 0 Å². The van der Waals surface area contributed by atoms with Gasteiger partial charge in [0.15, 0.2) is 0 Å². The number of aryl methyl sites for hydroxylation is 1. The predicted molar refractivity (Wildman–Crippen MR) is 53.6 cm³/mol. The summed E-state index contributed by atoms with van der Waals surface area (Å²) in [5.74, 6) is 0. The average Bonchev–Trinajstić information content (AvgIpc) is 2.04. The van der Waals surface area contributed by atoms with Crippen LogP contribution in [-0.2, 0) is 5.67 Å². The Kier molecular flexibility index (Phi) is 3.04. The van der Waals surface area contributed by atoms with Crippen molar-refractivity contribution in [2.45, 2.75) is 19.5 Å². The van der Waals surface area contributed by atoms with Crippen molar-refractivity contribution >= 4 is 0 Å². The highest BCUT2D eigenvalue weighted by molar-refractivity contribution is 5.31. The zero-order valence-corrected chi connectivity index (χ0v) is 8.39. The third kappa shape index (κ3) is 2.28. The minimum absolute atomic E-state index is 0.345. The van der Waals surface area contributed by atoms with Gasteiger partial charge in [0, 0.05) is 6.54 Å². The van der Waals surface area contributed by atoms with Crippen LogP contribution in [0.25, 0.3) is 0 Å². The first-order valence-corrected chi connectivity index (χ1v) is 4.47. The van der Waals surface area contributed by atoms with Crippen LogP contribution in [0.5, 0.6) is 0 Å². The van der Waals surface area contributed by atoms with E-state index >= 15 is 0 Å². The number of alkyl halides is 1. The molecule has 0 aliphatic rings. The van der Waals surface area contributed by atoms with Crippen LogP contribution in [0, 0.1) is 6.92 Å². The van der Waals surface area contributed by atoms with Crippen molar-refractivity contribution in [1.29, 1.82) is 0 Å². The van der Waals surface area contributed by atoms with Crippen LogP contribution in [0.3, 0.4) is 0 Å². The average molecular weight is 181 g/mol. The van der Waals surface area contributed by atoms with E-state index in [1.165, 1.54) is 0 Å². The summed E-state index contributed by atoms with van der Waals surface area (Å²) in [4.78, 5) is 0. The zero-order valence-electron chi connectivity index (χ0n) is 8.39. The highest BCUT2D eigenvalue weighted by Crippen LogP contribution is 2.27. The SMILES string of the molecule is CNCC(C)(F)c1ccccc1C. The summed E-state index contributed by atoms with van der Waals surface area (Å²) in [6.45, 7) is 3.88. The maximum atomic E-state index is 14.0. The molecule has 0 radical (unpaired) electrons. The quantitative estimate of drug-likeness (QED) is 0.755. The van der Waals surface area contributed by atoms with E-state index < -0.39 is 5.67 Å². The second-order valence-corrected chi connectivity index (χ2v) is 3.54. The number of nitrogens with one attached hydrogen (secondary N) is 1. The lowest BCUT2D eigenvalue weighted by Crippen LogP contribution is -2.30. The minimum Gasteiger partial charge on any atom is -0.316 e. The van der Waals surface area contributed by atoms with E-state index in [0.717, 1.165) is 11.1 Å². The van der Waals surface area contributed by atoms with Gasteiger partial charge in [-0.2, -0.15) is 0 Å². The minimum atomic E-state index is -1.28. The third-order valence-electron chi connectivity index (χ3n) is 2.22. The summed E-state index contributed by atoms with van der Waals surface area (Å²) in [5.41, 5.74) is 0.493. The van der Waals surface area contributed by atoms with Crippen LogP contribution in [0.1, 0.15) is 18.1 Å². The lowest BCUT2D eigenvalue weighted by molar-refractivity contribution is 0.190. The molecule has 1 aromatic rings. The molecule has 2 heteroatoms. The van der Waals surface area contributed by atoms with Crippen molar-refractivity contribution in [3.8, 4) is 0 Å². The van der Waals surface area contributed by atoms with Crippen molar-refractivity contribution < 1.29 is 4.39 Å². The molecule has 0 amide bonds.